The molecule has 0 aliphatic heterocycles. The van der Waals surface area contributed by atoms with Crippen LogP contribution in [-0.4, -0.2) is 17.0 Å². The van der Waals surface area contributed by atoms with Gasteiger partial charge in [0.25, 0.3) is 0 Å². The quantitative estimate of drug-likeness (QED) is 0.760. The van der Waals surface area contributed by atoms with E-state index in [0.717, 1.165) is 17.7 Å². The summed E-state index contributed by atoms with van der Waals surface area (Å²) in [7, 11) is 0. The van der Waals surface area contributed by atoms with E-state index in [4.69, 9.17) is 0 Å². The predicted octanol–water partition coefficient (Wildman–Crippen LogP) is 4.10. The molecule has 0 saturated heterocycles. The Balaban J connectivity index is 2.61. The van der Waals surface area contributed by atoms with Crippen LogP contribution >= 0.6 is 0 Å². The predicted molar refractivity (Wildman–Crippen MR) is 88.8 cm³/mol. The third-order valence-corrected chi connectivity index (χ3v) is 3.99. The number of carboxylic acid groups (broad SMARTS) is 1. The number of carbonyl (C=O) groups is 2. The largest absolute Gasteiger partial charge is 0.481 e. The molecule has 0 aliphatic carbocycles. The van der Waals surface area contributed by atoms with Crippen molar-refractivity contribution in [2.24, 2.45) is 17.8 Å². The summed E-state index contributed by atoms with van der Waals surface area (Å²) in [4.78, 5) is 23.6. The molecule has 0 aromatic heterocycles. The van der Waals surface area contributed by atoms with Crippen molar-refractivity contribution in [3.05, 3.63) is 29.8 Å². The number of hydrogen-bond acceptors (Lipinski definition) is 2. The molecule has 0 spiro atoms. The number of carboxylic acids is 1. The van der Waals surface area contributed by atoms with Crippen molar-refractivity contribution in [3.63, 3.8) is 0 Å². The molecule has 2 N–H and O–H groups in total. The Labute approximate surface area is 132 Å². The molecule has 1 aromatic carbocycles. The summed E-state index contributed by atoms with van der Waals surface area (Å²) in [5.41, 5.74) is 1.78. The Kier molecular flexibility index (Phi) is 7.09. The minimum atomic E-state index is -0.808. The first kappa shape index (κ1) is 18.2. The maximum atomic E-state index is 12.1. The standard InChI is InChI=1S/C18H27NO3/c1-12(2)9-10-15(18(21)22)14(4)11-17(20)19-16-8-6-5-7-13(16)3/h5-8,12,14-15H,9-11H2,1-4H3,(H,19,20)(H,21,22)/t14-,15-/m1/s1. The number of aliphatic carboxylic acids is 1. The van der Waals surface area contributed by atoms with Crippen LogP contribution in [0.3, 0.4) is 0 Å². The lowest BCUT2D eigenvalue weighted by atomic mass is 9.85. The van der Waals surface area contributed by atoms with E-state index in [9.17, 15) is 14.7 Å². The Bertz CT molecular complexity index is 511. The van der Waals surface area contributed by atoms with Gasteiger partial charge in [0, 0.05) is 12.1 Å². The van der Waals surface area contributed by atoms with Crippen LogP contribution in [-0.2, 0) is 9.59 Å². The highest BCUT2D eigenvalue weighted by Gasteiger charge is 2.26. The van der Waals surface area contributed by atoms with Crippen molar-refractivity contribution in [3.8, 4) is 0 Å². The Morgan fingerprint density at radius 2 is 1.77 bits per heavy atom. The number of nitrogens with one attached hydrogen (secondary N) is 1. The van der Waals surface area contributed by atoms with E-state index in [1.165, 1.54) is 0 Å². The van der Waals surface area contributed by atoms with Crippen LogP contribution in [0.2, 0.25) is 0 Å². The Morgan fingerprint density at radius 3 is 2.32 bits per heavy atom. The van der Waals surface area contributed by atoms with Gasteiger partial charge in [-0.3, -0.25) is 9.59 Å². The van der Waals surface area contributed by atoms with Crippen LogP contribution in [0.15, 0.2) is 24.3 Å². The maximum Gasteiger partial charge on any atom is 0.306 e. The van der Waals surface area contributed by atoms with Crippen molar-refractivity contribution in [1.29, 1.82) is 0 Å². The lowest BCUT2D eigenvalue weighted by molar-refractivity contribution is -0.144. The molecule has 22 heavy (non-hydrogen) atoms. The smallest absolute Gasteiger partial charge is 0.306 e. The van der Waals surface area contributed by atoms with Crippen LogP contribution in [0.25, 0.3) is 0 Å². The van der Waals surface area contributed by atoms with Crippen LogP contribution in [0.4, 0.5) is 5.69 Å². The number of benzene rings is 1. The molecular weight excluding hydrogens is 278 g/mol. The molecule has 0 bridgehead atoms. The third kappa shape index (κ3) is 5.88. The molecule has 1 amide bonds. The fourth-order valence-electron chi connectivity index (χ4n) is 2.51. The summed E-state index contributed by atoms with van der Waals surface area (Å²) in [6.45, 7) is 7.93. The summed E-state index contributed by atoms with van der Waals surface area (Å²) in [6, 6.07) is 7.57. The number of rotatable bonds is 8. The average Bonchev–Trinajstić information content (AvgIpc) is 2.40. The maximum absolute atomic E-state index is 12.1. The number of amides is 1. The molecule has 4 nitrogen and oxygen atoms in total. The fraction of sp³-hybridized carbons (Fsp3) is 0.556. The zero-order valence-corrected chi connectivity index (χ0v) is 13.9. The number of hydrogen-bond donors (Lipinski definition) is 2. The first-order valence-electron chi connectivity index (χ1n) is 7.89. The van der Waals surface area contributed by atoms with Gasteiger partial charge >= 0.3 is 5.97 Å². The highest BCUT2D eigenvalue weighted by molar-refractivity contribution is 5.91. The number of carbonyl (C=O) groups excluding carboxylic acids is 1. The minimum Gasteiger partial charge on any atom is -0.481 e. The first-order chi connectivity index (χ1) is 10.3. The number of para-hydroxylation sites is 1. The second-order valence-corrected chi connectivity index (χ2v) is 6.46. The van der Waals surface area contributed by atoms with Crippen molar-refractivity contribution in [2.45, 2.75) is 47.0 Å². The zero-order chi connectivity index (χ0) is 16.7. The Hall–Kier alpha value is -1.84. The molecule has 1 rings (SSSR count). The second kappa shape index (κ2) is 8.57. The minimum absolute atomic E-state index is 0.127. The Morgan fingerprint density at radius 1 is 1.14 bits per heavy atom. The van der Waals surface area contributed by atoms with E-state index in [0.29, 0.717) is 12.3 Å². The van der Waals surface area contributed by atoms with Crippen LogP contribution in [0.5, 0.6) is 0 Å². The lowest BCUT2D eigenvalue weighted by Crippen LogP contribution is -2.26. The van der Waals surface area contributed by atoms with Crippen molar-refractivity contribution < 1.29 is 14.7 Å². The normalized spacial score (nSPS) is 13.7. The molecule has 0 saturated carbocycles. The summed E-state index contributed by atoms with van der Waals surface area (Å²) >= 11 is 0. The molecule has 0 fully saturated rings. The van der Waals surface area contributed by atoms with Crippen molar-refractivity contribution in [1.82, 2.24) is 0 Å². The fourth-order valence-corrected chi connectivity index (χ4v) is 2.51. The van der Waals surface area contributed by atoms with E-state index in [1.54, 1.807) is 0 Å². The molecule has 122 valence electrons. The third-order valence-electron chi connectivity index (χ3n) is 3.99. The summed E-state index contributed by atoms with van der Waals surface area (Å²) in [5, 5.41) is 12.2. The average molecular weight is 305 g/mol. The van der Waals surface area contributed by atoms with Gasteiger partial charge in [-0.1, -0.05) is 45.4 Å². The van der Waals surface area contributed by atoms with Gasteiger partial charge in [0.15, 0.2) is 0 Å². The molecule has 0 unspecified atom stereocenters. The van der Waals surface area contributed by atoms with E-state index < -0.39 is 11.9 Å². The van der Waals surface area contributed by atoms with E-state index in [-0.39, 0.29) is 18.2 Å². The lowest BCUT2D eigenvalue weighted by Gasteiger charge is -2.21. The SMILES string of the molecule is Cc1ccccc1NC(=O)C[C@@H](C)[C@@H](CCC(C)C)C(=O)O. The molecule has 0 radical (unpaired) electrons. The van der Waals surface area contributed by atoms with Gasteiger partial charge in [-0.05, 0) is 36.8 Å². The van der Waals surface area contributed by atoms with Crippen LogP contribution in [0.1, 0.15) is 45.6 Å². The zero-order valence-electron chi connectivity index (χ0n) is 13.9. The highest BCUT2D eigenvalue weighted by atomic mass is 16.4. The van der Waals surface area contributed by atoms with Gasteiger partial charge in [0.05, 0.1) is 5.92 Å². The van der Waals surface area contributed by atoms with Gasteiger partial charge in [0.2, 0.25) is 5.91 Å². The van der Waals surface area contributed by atoms with E-state index >= 15 is 0 Å². The second-order valence-electron chi connectivity index (χ2n) is 6.46. The van der Waals surface area contributed by atoms with Crippen molar-refractivity contribution >= 4 is 17.6 Å². The van der Waals surface area contributed by atoms with Crippen molar-refractivity contribution in [2.75, 3.05) is 5.32 Å². The summed E-state index contributed by atoms with van der Waals surface area (Å²) in [6.07, 6.45) is 1.70. The van der Waals surface area contributed by atoms with E-state index in [2.05, 4.69) is 19.2 Å². The van der Waals surface area contributed by atoms with Gasteiger partial charge in [0.1, 0.15) is 0 Å². The van der Waals surface area contributed by atoms with Crippen LogP contribution in [0, 0.1) is 24.7 Å². The highest BCUT2D eigenvalue weighted by Crippen LogP contribution is 2.24. The molecule has 1 aromatic rings. The van der Waals surface area contributed by atoms with Crippen LogP contribution < -0.4 is 5.32 Å². The number of anilines is 1. The monoisotopic (exact) mass is 305 g/mol. The number of aryl methyl sites for hydroxylation is 1. The van der Waals surface area contributed by atoms with Gasteiger partial charge in [-0.2, -0.15) is 0 Å². The molecule has 0 aliphatic rings. The summed E-state index contributed by atoms with van der Waals surface area (Å²) in [5.74, 6) is -1.12. The van der Waals surface area contributed by atoms with E-state index in [1.807, 2.05) is 38.1 Å². The van der Waals surface area contributed by atoms with Gasteiger partial charge in [-0.25, -0.2) is 0 Å². The first-order valence-corrected chi connectivity index (χ1v) is 7.89. The molecule has 0 heterocycles. The topological polar surface area (TPSA) is 66.4 Å². The molecular formula is C18H27NO3. The molecule has 2 atom stereocenters. The van der Waals surface area contributed by atoms with Gasteiger partial charge in [-0.15, -0.1) is 0 Å². The van der Waals surface area contributed by atoms with Gasteiger partial charge < -0.3 is 10.4 Å². The summed E-state index contributed by atoms with van der Waals surface area (Å²) < 4.78 is 0. The molecule has 4 heteroatoms.